The van der Waals surface area contributed by atoms with E-state index in [1.54, 1.807) is 0 Å². The number of nitrogens with zero attached hydrogens (tertiary/aromatic N) is 1. The first-order valence-corrected chi connectivity index (χ1v) is 8.25. The molecule has 0 saturated carbocycles. The summed E-state index contributed by atoms with van der Waals surface area (Å²) in [5.41, 5.74) is 7.51. The van der Waals surface area contributed by atoms with Crippen molar-refractivity contribution < 1.29 is 0 Å². The van der Waals surface area contributed by atoms with Gasteiger partial charge in [-0.1, -0.05) is 74.5 Å². The number of hydrogen-bond acceptors (Lipinski definition) is 1. The summed E-state index contributed by atoms with van der Waals surface area (Å²) >= 11 is 0. The van der Waals surface area contributed by atoms with Gasteiger partial charge < -0.3 is 0 Å². The van der Waals surface area contributed by atoms with Gasteiger partial charge in [-0.05, 0) is 42.0 Å². The van der Waals surface area contributed by atoms with E-state index >= 15 is 0 Å². The SMILES string of the molecule is Cc1nc(-c2ccccc2)cc(Cc2ccccc2)c1C(C)C. The van der Waals surface area contributed by atoms with Crippen molar-refractivity contribution >= 4 is 0 Å². The molecule has 0 atom stereocenters. The summed E-state index contributed by atoms with van der Waals surface area (Å²) < 4.78 is 0. The molecule has 0 radical (unpaired) electrons. The molecule has 3 rings (SSSR count). The zero-order valence-corrected chi connectivity index (χ0v) is 14.1. The van der Waals surface area contributed by atoms with Crippen molar-refractivity contribution in [3.8, 4) is 11.3 Å². The summed E-state index contributed by atoms with van der Waals surface area (Å²) in [6, 6.07) is 23.4. The van der Waals surface area contributed by atoms with Crippen molar-refractivity contribution in [2.75, 3.05) is 0 Å². The summed E-state index contributed by atoms with van der Waals surface area (Å²) in [6.45, 7) is 6.64. The van der Waals surface area contributed by atoms with E-state index in [-0.39, 0.29) is 0 Å². The van der Waals surface area contributed by atoms with Crippen molar-refractivity contribution in [2.24, 2.45) is 0 Å². The first-order valence-electron chi connectivity index (χ1n) is 8.25. The molecule has 0 aliphatic carbocycles. The molecular formula is C22H23N. The Balaban J connectivity index is 2.09. The van der Waals surface area contributed by atoms with Gasteiger partial charge in [-0.15, -0.1) is 0 Å². The van der Waals surface area contributed by atoms with Crippen molar-refractivity contribution in [1.82, 2.24) is 4.98 Å². The number of hydrogen-bond donors (Lipinski definition) is 0. The topological polar surface area (TPSA) is 12.9 Å². The third-order valence-electron chi connectivity index (χ3n) is 4.22. The maximum atomic E-state index is 4.87. The van der Waals surface area contributed by atoms with Gasteiger partial charge >= 0.3 is 0 Å². The molecule has 1 heterocycles. The summed E-state index contributed by atoms with van der Waals surface area (Å²) in [5.74, 6) is 0.478. The van der Waals surface area contributed by atoms with Crippen LogP contribution in [0.25, 0.3) is 11.3 Å². The van der Waals surface area contributed by atoms with Crippen LogP contribution in [0.1, 0.15) is 42.1 Å². The van der Waals surface area contributed by atoms with Crippen LogP contribution in [0.5, 0.6) is 0 Å². The summed E-state index contributed by atoms with van der Waals surface area (Å²) in [4.78, 5) is 4.87. The van der Waals surface area contributed by atoms with Gasteiger partial charge in [0.25, 0.3) is 0 Å². The lowest BCUT2D eigenvalue weighted by molar-refractivity contribution is 0.824. The zero-order valence-electron chi connectivity index (χ0n) is 14.1. The van der Waals surface area contributed by atoms with E-state index in [9.17, 15) is 0 Å². The lowest BCUT2D eigenvalue weighted by atomic mass is 9.90. The molecule has 0 N–H and O–H groups in total. The number of pyridine rings is 1. The van der Waals surface area contributed by atoms with Gasteiger partial charge in [0.2, 0.25) is 0 Å². The van der Waals surface area contributed by atoms with Crippen LogP contribution in [-0.2, 0) is 6.42 Å². The molecule has 0 bridgehead atoms. The van der Waals surface area contributed by atoms with Gasteiger partial charge in [0.05, 0.1) is 5.69 Å². The van der Waals surface area contributed by atoms with Crippen molar-refractivity contribution in [2.45, 2.75) is 33.1 Å². The average molecular weight is 301 g/mol. The van der Waals surface area contributed by atoms with E-state index < -0.39 is 0 Å². The van der Waals surface area contributed by atoms with Gasteiger partial charge in [0, 0.05) is 11.3 Å². The van der Waals surface area contributed by atoms with Crippen LogP contribution in [0.3, 0.4) is 0 Å². The standard InChI is InChI=1S/C22H23N/c1-16(2)22-17(3)23-21(19-12-8-5-9-13-19)15-20(22)14-18-10-6-4-7-11-18/h4-13,15-16H,14H2,1-3H3. The van der Waals surface area contributed by atoms with Gasteiger partial charge in [-0.2, -0.15) is 0 Å². The number of aryl methyl sites for hydroxylation is 1. The van der Waals surface area contributed by atoms with Gasteiger partial charge in [-0.25, -0.2) is 0 Å². The molecule has 2 aromatic carbocycles. The fraction of sp³-hybridized carbons (Fsp3) is 0.227. The largest absolute Gasteiger partial charge is 0.253 e. The maximum Gasteiger partial charge on any atom is 0.0708 e. The monoisotopic (exact) mass is 301 g/mol. The minimum Gasteiger partial charge on any atom is -0.253 e. The van der Waals surface area contributed by atoms with E-state index in [1.807, 2.05) is 6.07 Å². The van der Waals surface area contributed by atoms with Crippen LogP contribution in [0, 0.1) is 6.92 Å². The predicted octanol–water partition coefficient (Wildman–Crippen LogP) is 5.77. The minimum atomic E-state index is 0.478. The van der Waals surface area contributed by atoms with Crippen LogP contribution in [-0.4, -0.2) is 4.98 Å². The normalized spacial score (nSPS) is 11.0. The van der Waals surface area contributed by atoms with E-state index in [2.05, 4.69) is 81.4 Å². The Morgan fingerprint density at radius 1 is 0.870 bits per heavy atom. The van der Waals surface area contributed by atoms with E-state index in [0.29, 0.717) is 5.92 Å². The highest BCUT2D eigenvalue weighted by Gasteiger charge is 2.14. The van der Waals surface area contributed by atoms with Gasteiger partial charge in [0.1, 0.15) is 0 Å². The molecular weight excluding hydrogens is 278 g/mol. The van der Waals surface area contributed by atoms with Gasteiger partial charge in [-0.3, -0.25) is 4.98 Å². The second-order valence-corrected chi connectivity index (χ2v) is 6.35. The third-order valence-corrected chi connectivity index (χ3v) is 4.22. The molecule has 23 heavy (non-hydrogen) atoms. The number of aromatic nitrogens is 1. The third kappa shape index (κ3) is 3.50. The predicted molar refractivity (Wildman–Crippen MR) is 97.7 cm³/mol. The molecule has 1 nitrogen and oxygen atoms in total. The van der Waals surface area contributed by atoms with Crippen LogP contribution >= 0.6 is 0 Å². The van der Waals surface area contributed by atoms with Crippen LogP contribution in [0.2, 0.25) is 0 Å². The molecule has 0 saturated heterocycles. The molecule has 1 aromatic heterocycles. The lowest BCUT2D eigenvalue weighted by Crippen LogP contribution is -2.04. The van der Waals surface area contributed by atoms with Gasteiger partial charge in [0.15, 0.2) is 0 Å². The fourth-order valence-corrected chi connectivity index (χ4v) is 3.26. The molecule has 0 spiro atoms. The first-order chi connectivity index (χ1) is 11.1. The highest BCUT2D eigenvalue weighted by atomic mass is 14.7. The van der Waals surface area contributed by atoms with Crippen LogP contribution in [0.4, 0.5) is 0 Å². The molecule has 3 aromatic rings. The zero-order chi connectivity index (χ0) is 16.2. The second-order valence-electron chi connectivity index (χ2n) is 6.35. The van der Waals surface area contributed by atoms with Crippen LogP contribution < -0.4 is 0 Å². The average Bonchev–Trinajstić information content (AvgIpc) is 2.56. The summed E-state index contributed by atoms with van der Waals surface area (Å²) in [7, 11) is 0. The molecule has 0 aliphatic rings. The van der Waals surface area contributed by atoms with E-state index in [1.165, 1.54) is 22.3 Å². The molecule has 0 amide bonds. The Hall–Kier alpha value is -2.41. The minimum absolute atomic E-state index is 0.478. The maximum absolute atomic E-state index is 4.87. The quantitative estimate of drug-likeness (QED) is 0.596. The summed E-state index contributed by atoms with van der Waals surface area (Å²) in [5, 5.41) is 0. The van der Waals surface area contributed by atoms with E-state index in [0.717, 1.165) is 17.8 Å². The Kier molecular flexibility index (Phi) is 4.57. The number of rotatable bonds is 4. The molecule has 0 fully saturated rings. The molecule has 0 aliphatic heterocycles. The molecule has 0 unspecified atom stereocenters. The lowest BCUT2D eigenvalue weighted by Gasteiger charge is -2.17. The molecule has 1 heteroatoms. The Bertz CT molecular complexity index is 774. The Morgan fingerprint density at radius 3 is 2.09 bits per heavy atom. The first kappa shape index (κ1) is 15.5. The van der Waals surface area contributed by atoms with Crippen molar-refractivity contribution in [3.63, 3.8) is 0 Å². The second kappa shape index (κ2) is 6.78. The molecule has 116 valence electrons. The highest BCUT2D eigenvalue weighted by molar-refractivity contribution is 5.61. The van der Waals surface area contributed by atoms with Crippen LogP contribution in [0.15, 0.2) is 66.7 Å². The van der Waals surface area contributed by atoms with Crippen molar-refractivity contribution in [3.05, 3.63) is 89.1 Å². The van der Waals surface area contributed by atoms with Crippen molar-refractivity contribution in [1.29, 1.82) is 0 Å². The fourth-order valence-electron chi connectivity index (χ4n) is 3.26. The number of benzene rings is 2. The Morgan fingerprint density at radius 2 is 1.48 bits per heavy atom. The smallest absolute Gasteiger partial charge is 0.0708 e. The summed E-state index contributed by atoms with van der Waals surface area (Å²) in [6.07, 6.45) is 0.956. The highest BCUT2D eigenvalue weighted by Crippen LogP contribution is 2.29. The Labute approximate surface area is 139 Å². The van der Waals surface area contributed by atoms with E-state index in [4.69, 9.17) is 4.98 Å².